The summed E-state index contributed by atoms with van der Waals surface area (Å²) < 4.78 is 8.66. The number of nitrogens with zero attached hydrogens (tertiary/aromatic N) is 4. The monoisotopic (exact) mass is 234 g/mol. The molecule has 0 radical (unpaired) electrons. The Balaban J connectivity index is 2.17. The van der Waals surface area contributed by atoms with Crippen LogP contribution in [0.1, 0.15) is 24.5 Å². The van der Waals surface area contributed by atoms with E-state index in [0.717, 1.165) is 0 Å². The summed E-state index contributed by atoms with van der Waals surface area (Å²) in [4.78, 5) is 19.8. The van der Waals surface area contributed by atoms with Crippen molar-refractivity contribution in [3.05, 3.63) is 30.6 Å². The van der Waals surface area contributed by atoms with Gasteiger partial charge in [-0.25, -0.2) is 14.8 Å². The Kier molecular flexibility index (Phi) is 3.22. The third-order valence-corrected chi connectivity index (χ3v) is 2.44. The number of hydrogen-bond donors (Lipinski definition) is 0. The molecule has 0 N–H and O–H groups in total. The number of esters is 1. The maximum atomic E-state index is 11.9. The molecule has 0 saturated heterocycles. The molecular weight excluding hydrogens is 220 g/mol. The first kappa shape index (κ1) is 11.4. The molecular formula is C11H14N4O2. The minimum atomic E-state index is -0.488. The van der Waals surface area contributed by atoms with Crippen molar-refractivity contribution in [1.82, 2.24) is 19.1 Å². The van der Waals surface area contributed by atoms with Gasteiger partial charge < -0.3 is 13.9 Å². The lowest BCUT2D eigenvalue weighted by Crippen LogP contribution is -2.17. The zero-order valence-corrected chi connectivity index (χ0v) is 9.83. The standard InChI is InChI=1S/C11H14N4O2/c1-3-14-7-5-12-9(14)10(16)17-11-13-6-8-15(11)4-2/h5-8H,3-4H2,1-2H3. The first-order chi connectivity index (χ1) is 8.26. The smallest absolute Gasteiger partial charge is 0.382 e. The van der Waals surface area contributed by atoms with Crippen LogP contribution < -0.4 is 4.74 Å². The minimum absolute atomic E-state index is 0.290. The molecule has 0 bridgehead atoms. The topological polar surface area (TPSA) is 61.9 Å². The number of aromatic nitrogens is 4. The van der Waals surface area contributed by atoms with Crippen LogP contribution >= 0.6 is 0 Å². The summed E-state index contributed by atoms with van der Waals surface area (Å²) in [7, 11) is 0. The highest BCUT2D eigenvalue weighted by Crippen LogP contribution is 2.09. The molecule has 2 aromatic rings. The lowest BCUT2D eigenvalue weighted by atomic mass is 10.6. The average molecular weight is 234 g/mol. The van der Waals surface area contributed by atoms with Crippen LogP contribution in [-0.2, 0) is 13.1 Å². The molecule has 0 fully saturated rings. The predicted molar refractivity (Wildman–Crippen MR) is 60.8 cm³/mol. The Labute approximate surface area is 98.9 Å². The summed E-state index contributed by atoms with van der Waals surface area (Å²) in [6.07, 6.45) is 6.67. The van der Waals surface area contributed by atoms with E-state index in [-0.39, 0.29) is 5.82 Å². The zero-order valence-electron chi connectivity index (χ0n) is 9.83. The number of rotatable bonds is 4. The van der Waals surface area contributed by atoms with Crippen LogP contribution in [0.15, 0.2) is 24.8 Å². The van der Waals surface area contributed by atoms with E-state index in [1.807, 2.05) is 13.8 Å². The fraction of sp³-hybridized carbons (Fsp3) is 0.364. The quantitative estimate of drug-likeness (QED) is 0.749. The third kappa shape index (κ3) is 2.20. The van der Waals surface area contributed by atoms with E-state index in [1.165, 1.54) is 0 Å². The molecule has 2 aromatic heterocycles. The molecule has 90 valence electrons. The molecule has 0 amide bonds. The van der Waals surface area contributed by atoms with Gasteiger partial charge in [-0.3, -0.25) is 0 Å². The van der Waals surface area contributed by atoms with Crippen LogP contribution in [0.4, 0.5) is 0 Å². The lowest BCUT2D eigenvalue weighted by molar-refractivity contribution is 0.0695. The summed E-state index contributed by atoms with van der Waals surface area (Å²) >= 11 is 0. The minimum Gasteiger partial charge on any atom is -0.386 e. The van der Waals surface area contributed by atoms with Gasteiger partial charge in [-0.1, -0.05) is 0 Å². The van der Waals surface area contributed by atoms with E-state index in [1.54, 1.807) is 33.9 Å². The summed E-state index contributed by atoms with van der Waals surface area (Å²) in [6, 6.07) is 0.295. The van der Waals surface area contributed by atoms with Crippen molar-refractivity contribution in [2.24, 2.45) is 0 Å². The summed E-state index contributed by atoms with van der Waals surface area (Å²) in [5, 5.41) is 0. The number of carbonyl (C=O) groups is 1. The van der Waals surface area contributed by atoms with Crippen LogP contribution in [0, 0.1) is 0 Å². The first-order valence-electron chi connectivity index (χ1n) is 5.50. The van der Waals surface area contributed by atoms with Crippen molar-refractivity contribution in [3.63, 3.8) is 0 Å². The van der Waals surface area contributed by atoms with Crippen LogP contribution in [0.5, 0.6) is 6.01 Å². The van der Waals surface area contributed by atoms with Gasteiger partial charge in [-0.05, 0) is 13.8 Å². The molecule has 2 heterocycles. The molecule has 0 spiro atoms. The number of imidazole rings is 2. The summed E-state index contributed by atoms with van der Waals surface area (Å²) in [5.41, 5.74) is 0. The molecule has 0 aromatic carbocycles. The second kappa shape index (κ2) is 4.82. The van der Waals surface area contributed by atoms with E-state index in [0.29, 0.717) is 19.1 Å². The van der Waals surface area contributed by atoms with Crippen LogP contribution in [0.25, 0.3) is 0 Å². The number of ether oxygens (including phenoxy) is 1. The van der Waals surface area contributed by atoms with Crippen molar-refractivity contribution in [2.75, 3.05) is 0 Å². The molecule has 6 heteroatoms. The van der Waals surface area contributed by atoms with Gasteiger partial charge in [0.2, 0.25) is 5.82 Å². The predicted octanol–water partition coefficient (Wildman–Crippen LogP) is 1.34. The van der Waals surface area contributed by atoms with Crippen molar-refractivity contribution in [3.8, 4) is 6.01 Å². The van der Waals surface area contributed by atoms with Crippen molar-refractivity contribution >= 4 is 5.97 Å². The van der Waals surface area contributed by atoms with Crippen molar-refractivity contribution in [1.29, 1.82) is 0 Å². The first-order valence-corrected chi connectivity index (χ1v) is 5.50. The molecule has 0 atom stereocenters. The Morgan fingerprint density at radius 3 is 2.53 bits per heavy atom. The van der Waals surface area contributed by atoms with Gasteiger partial charge in [0.05, 0.1) is 0 Å². The second-order valence-corrected chi connectivity index (χ2v) is 3.42. The van der Waals surface area contributed by atoms with Gasteiger partial charge >= 0.3 is 12.0 Å². The van der Waals surface area contributed by atoms with Gasteiger partial charge in [0.15, 0.2) is 0 Å². The Bertz CT molecular complexity index is 515. The molecule has 6 nitrogen and oxygen atoms in total. The molecule has 17 heavy (non-hydrogen) atoms. The van der Waals surface area contributed by atoms with Gasteiger partial charge in [-0.15, -0.1) is 0 Å². The lowest BCUT2D eigenvalue weighted by Gasteiger charge is -2.06. The van der Waals surface area contributed by atoms with Gasteiger partial charge in [0.25, 0.3) is 0 Å². The maximum Gasteiger partial charge on any atom is 0.382 e. The molecule has 0 aliphatic rings. The van der Waals surface area contributed by atoms with Gasteiger partial charge in [-0.2, -0.15) is 0 Å². The Hall–Kier alpha value is -2.11. The largest absolute Gasteiger partial charge is 0.386 e. The molecule has 0 aliphatic heterocycles. The maximum absolute atomic E-state index is 11.9. The van der Waals surface area contributed by atoms with E-state index in [4.69, 9.17) is 4.74 Å². The highest BCUT2D eigenvalue weighted by molar-refractivity contribution is 5.87. The fourth-order valence-corrected chi connectivity index (χ4v) is 1.52. The molecule has 2 rings (SSSR count). The van der Waals surface area contributed by atoms with Gasteiger partial charge in [0.1, 0.15) is 0 Å². The average Bonchev–Trinajstić information content (AvgIpc) is 2.96. The molecule has 0 aliphatic carbocycles. The normalized spacial score (nSPS) is 10.5. The number of carbonyl (C=O) groups excluding carboxylic acids is 1. The van der Waals surface area contributed by atoms with Crippen LogP contribution in [-0.4, -0.2) is 25.1 Å². The molecule has 0 unspecified atom stereocenters. The highest BCUT2D eigenvalue weighted by atomic mass is 16.6. The van der Waals surface area contributed by atoms with Gasteiger partial charge in [0, 0.05) is 37.9 Å². The van der Waals surface area contributed by atoms with E-state index in [2.05, 4.69) is 9.97 Å². The van der Waals surface area contributed by atoms with Crippen LogP contribution in [0.2, 0.25) is 0 Å². The van der Waals surface area contributed by atoms with Crippen molar-refractivity contribution < 1.29 is 9.53 Å². The van der Waals surface area contributed by atoms with Crippen molar-refractivity contribution in [2.45, 2.75) is 26.9 Å². The third-order valence-electron chi connectivity index (χ3n) is 2.44. The van der Waals surface area contributed by atoms with E-state index < -0.39 is 5.97 Å². The second-order valence-electron chi connectivity index (χ2n) is 3.42. The summed E-state index contributed by atoms with van der Waals surface area (Å²) in [6.45, 7) is 5.26. The van der Waals surface area contributed by atoms with Crippen LogP contribution in [0.3, 0.4) is 0 Å². The molecule has 0 saturated carbocycles. The number of aryl methyl sites for hydroxylation is 2. The SMILES string of the molecule is CCn1ccnc1OC(=O)c1nccn1CC. The number of hydrogen-bond acceptors (Lipinski definition) is 4. The zero-order chi connectivity index (χ0) is 12.3. The van der Waals surface area contributed by atoms with E-state index in [9.17, 15) is 4.79 Å². The Morgan fingerprint density at radius 2 is 1.82 bits per heavy atom. The highest BCUT2D eigenvalue weighted by Gasteiger charge is 2.16. The fourth-order valence-electron chi connectivity index (χ4n) is 1.52. The Morgan fingerprint density at radius 1 is 1.18 bits per heavy atom. The summed E-state index contributed by atoms with van der Waals surface area (Å²) in [5.74, 6) is -0.198. The van der Waals surface area contributed by atoms with E-state index >= 15 is 0 Å².